The number of fused-ring (bicyclic) bond motifs is 2. The minimum absolute atomic E-state index is 0.101. The summed E-state index contributed by atoms with van der Waals surface area (Å²) in [5, 5.41) is 5.68. The minimum Gasteiger partial charge on any atom is -0.378 e. The molecular weight excluding hydrogens is 396 g/mol. The SMILES string of the molecule is NCc1ccc2c(c1)CCC2Nc1ccc2c(c1)C(=O)N(C1CCC(=O)NC1=O)C2=O. The molecular formula is C23H22N4O4. The van der Waals surface area contributed by atoms with Gasteiger partial charge in [-0.05, 0) is 54.2 Å². The zero-order valence-electron chi connectivity index (χ0n) is 16.8. The summed E-state index contributed by atoms with van der Waals surface area (Å²) in [7, 11) is 0. The van der Waals surface area contributed by atoms with Crippen LogP contribution < -0.4 is 16.4 Å². The maximum atomic E-state index is 13.0. The highest BCUT2D eigenvalue weighted by Crippen LogP contribution is 2.36. The number of piperidine rings is 1. The quantitative estimate of drug-likeness (QED) is 0.649. The van der Waals surface area contributed by atoms with E-state index in [1.165, 1.54) is 11.1 Å². The largest absolute Gasteiger partial charge is 0.378 e. The van der Waals surface area contributed by atoms with Crippen molar-refractivity contribution in [3.8, 4) is 0 Å². The first-order chi connectivity index (χ1) is 15.0. The average Bonchev–Trinajstić information content (AvgIpc) is 3.27. The number of imide groups is 2. The first-order valence-corrected chi connectivity index (χ1v) is 10.4. The highest BCUT2D eigenvalue weighted by atomic mass is 16.2. The highest BCUT2D eigenvalue weighted by Gasteiger charge is 2.44. The van der Waals surface area contributed by atoms with Crippen molar-refractivity contribution in [3.63, 3.8) is 0 Å². The Balaban J connectivity index is 1.38. The lowest BCUT2D eigenvalue weighted by atomic mass is 10.0. The van der Waals surface area contributed by atoms with Crippen LogP contribution in [0.2, 0.25) is 0 Å². The highest BCUT2D eigenvalue weighted by molar-refractivity contribution is 6.23. The standard InChI is InChI=1S/C23H22N4O4/c24-11-12-1-4-15-13(9-12)2-6-18(15)25-14-3-5-16-17(10-14)23(31)27(22(16)30)19-7-8-20(28)26-21(19)29/h1,3-5,9-10,18-19,25H,2,6-8,11,24H2,(H,26,28,29). The first kappa shape index (κ1) is 19.4. The van der Waals surface area contributed by atoms with Crippen LogP contribution in [-0.4, -0.2) is 34.6 Å². The van der Waals surface area contributed by atoms with Gasteiger partial charge in [-0.1, -0.05) is 18.2 Å². The van der Waals surface area contributed by atoms with Gasteiger partial charge in [0.05, 0.1) is 17.2 Å². The summed E-state index contributed by atoms with van der Waals surface area (Å²) in [5.74, 6) is -2.00. The molecule has 8 nitrogen and oxygen atoms in total. The van der Waals surface area contributed by atoms with Crippen LogP contribution in [0.4, 0.5) is 5.69 Å². The number of hydrogen-bond acceptors (Lipinski definition) is 6. The third kappa shape index (κ3) is 3.19. The molecule has 2 aromatic carbocycles. The number of carbonyl (C=O) groups excluding carboxylic acids is 4. The zero-order chi connectivity index (χ0) is 21.7. The fourth-order valence-corrected chi connectivity index (χ4v) is 4.71. The van der Waals surface area contributed by atoms with E-state index in [0.717, 1.165) is 29.0 Å². The molecule has 2 aromatic rings. The van der Waals surface area contributed by atoms with Crippen LogP contribution in [0.1, 0.15) is 62.7 Å². The van der Waals surface area contributed by atoms with E-state index >= 15 is 0 Å². The predicted octanol–water partition coefficient (Wildman–Crippen LogP) is 1.65. The molecule has 1 saturated heterocycles. The van der Waals surface area contributed by atoms with E-state index in [4.69, 9.17) is 5.73 Å². The van der Waals surface area contributed by atoms with E-state index in [-0.39, 0.29) is 35.9 Å². The Labute approximate surface area is 178 Å². The van der Waals surface area contributed by atoms with Gasteiger partial charge in [0.25, 0.3) is 11.8 Å². The minimum atomic E-state index is -0.958. The Hall–Kier alpha value is -3.52. The van der Waals surface area contributed by atoms with Crippen molar-refractivity contribution in [2.75, 3.05) is 5.32 Å². The van der Waals surface area contributed by atoms with Crippen LogP contribution in [0.15, 0.2) is 36.4 Å². The van der Waals surface area contributed by atoms with Crippen molar-refractivity contribution in [2.45, 2.75) is 44.3 Å². The maximum Gasteiger partial charge on any atom is 0.262 e. The average molecular weight is 418 g/mol. The molecule has 158 valence electrons. The van der Waals surface area contributed by atoms with E-state index in [9.17, 15) is 19.2 Å². The summed E-state index contributed by atoms with van der Waals surface area (Å²) in [5.41, 5.74) is 10.6. The summed E-state index contributed by atoms with van der Waals surface area (Å²) in [6.07, 6.45) is 2.12. The van der Waals surface area contributed by atoms with Crippen LogP contribution >= 0.6 is 0 Å². The summed E-state index contributed by atoms with van der Waals surface area (Å²) >= 11 is 0. The van der Waals surface area contributed by atoms with Crippen LogP contribution in [0.5, 0.6) is 0 Å². The van der Waals surface area contributed by atoms with Gasteiger partial charge in [-0.3, -0.25) is 29.4 Å². The number of aryl methyl sites for hydroxylation is 1. The van der Waals surface area contributed by atoms with Crippen LogP contribution in [0.3, 0.4) is 0 Å². The fraction of sp³-hybridized carbons (Fsp3) is 0.304. The number of nitrogens with one attached hydrogen (secondary N) is 2. The number of anilines is 1. The monoisotopic (exact) mass is 418 g/mol. The van der Waals surface area contributed by atoms with E-state index < -0.39 is 23.8 Å². The molecule has 2 heterocycles. The van der Waals surface area contributed by atoms with Crippen molar-refractivity contribution in [3.05, 3.63) is 64.2 Å². The Kier molecular flexibility index (Phi) is 4.59. The normalized spacial score (nSPS) is 22.4. The number of hydrogen-bond donors (Lipinski definition) is 3. The predicted molar refractivity (Wildman–Crippen MR) is 112 cm³/mol. The van der Waals surface area contributed by atoms with Gasteiger partial charge in [0.1, 0.15) is 6.04 Å². The zero-order valence-corrected chi connectivity index (χ0v) is 16.8. The summed E-state index contributed by atoms with van der Waals surface area (Å²) in [4.78, 5) is 50.4. The van der Waals surface area contributed by atoms with Gasteiger partial charge < -0.3 is 11.1 Å². The first-order valence-electron chi connectivity index (χ1n) is 10.4. The smallest absolute Gasteiger partial charge is 0.262 e. The summed E-state index contributed by atoms with van der Waals surface area (Å²) in [6.45, 7) is 0.510. The van der Waals surface area contributed by atoms with Crippen LogP contribution in [-0.2, 0) is 22.6 Å². The van der Waals surface area contributed by atoms with Gasteiger partial charge in [-0.15, -0.1) is 0 Å². The lowest BCUT2D eigenvalue weighted by Gasteiger charge is -2.27. The van der Waals surface area contributed by atoms with Gasteiger partial charge in [0.15, 0.2) is 0 Å². The number of nitrogens with zero attached hydrogens (tertiary/aromatic N) is 1. The number of nitrogens with two attached hydrogens (primary N) is 1. The lowest BCUT2D eigenvalue weighted by molar-refractivity contribution is -0.136. The molecule has 0 saturated carbocycles. The van der Waals surface area contributed by atoms with E-state index in [1.54, 1.807) is 18.2 Å². The van der Waals surface area contributed by atoms with Crippen molar-refractivity contribution >= 4 is 29.3 Å². The molecule has 2 aliphatic heterocycles. The van der Waals surface area contributed by atoms with Gasteiger partial charge in [-0.2, -0.15) is 0 Å². The topological polar surface area (TPSA) is 122 Å². The number of benzene rings is 2. The third-order valence-corrected chi connectivity index (χ3v) is 6.30. The Morgan fingerprint density at radius 1 is 0.968 bits per heavy atom. The van der Waals surface area contributed by atoms with E-state index in [0.29, 0.717) is 6.54 Å². The molecule has 4 N–H and O–H groups in total. The molecule has 0 bridgehead atoms. The summed E-state index contributed by atoms with van der Waals surface area (Å²) in [6, 6.07) is 10.5. The Morgan fingerprint density at radius 2 is 1.77 bits per heavy atom. The number of rotatable bonds is 4. The molecule has 31 heavy (non-hydrogen) atoms. The molecule has 0 spiro atoms. The van der Waals surface area contributed by atoms with Crippen molar-refractivity contribution in [2.24, 2.45) is 5.73 Å². The van der Waals surface area contributed by atoms with E-state index in [1.807, 2.05) is 6.07 Å². The number of amides is 4. The van der Waals surface area contributed by atoms with E-state index in [2.05, 4.69) is 22.8 Å². The van der Waals surface area contributed by atoms with Crippen LogP contribution in [0, 0.1) is 0 Å². The molecule has 8 heteroatoms. The lowest BCUT2D eigenvalue weighted by Crippen LogP contribution is -2.54. The van der Waals surface area contributed by atoms with Gasteiger partial charge in [-0.25, -0.2) is 0 Å². The maximum absolute atomic E-state index is 13.0. The second-order valence-electron chi connectivity index (χ2n) is 8.18. The molecule has 0 radical (unpaired) electrons. The second-order valence-corrected chi connectivity index (χ2v) is 8.18. The molecule has 2 atom stereocenters. The van der Waals surface area contributed by atoms with Crippen molar-refractivity contribution in [1.29, 1.82) is 0 Å². The molecule has 5 rings (SSSR count). The molecule has 2 unspecified atom stereocenters. The molecule has 0 aromatic heterocycles. The molecule has 3 aliphatic rings. The third-order valence-electron chi connectivity index (χ3n) is 6.30. The second kappa shape index (κ2) is 7.31. The fourth-order valence-electron chi connectivity index (χ4n) is 4.71. The van der Waals surface area contributed by atoms with Crippen LogP contribution in [0.25, 0.3) is 0 Å². The molecule has 1 aliphatic carbocycles. The van der Waals surface area contributed by atoms with Crippen molar-refractivity contribution < 1.29 is 19.2 Å². The van der Waals surface area contributed by atoms with Gasteiger partial charge in [0, 0.05) is 18.7 Å². The van der Waals surface area contributed by atoms with Gasteiger partial charge in [0.2, 0.25) is 11.8 Å². The molecule has 4 amide bonds. The van der Waals surface area contributed by atoms with Crippen molar-refractivity contribution in [1.82, 2.24) is 10.2 Å². The summed E-state index contributed by atoms with van der Waals surface area (Å²) < 4.78 is 0. The Morgan fingerprint density at radius 3 is 2.55 bits per heavy atom. The Bertz CT molecular complexity index is 1140. The number of carbonyl (C=O) groups is 4. The van der Waals surface area contributed by atoms with Gasteiger partial charge >= 0.3 is 0 Å². The molecule has 1 fully saturated rings.